The first kappa shape index (κ1) is 13.5. The van der Waals surface area contributed by atoms with Crippen molar-refractivity contribution in [2.45, 2.75) is 13.0 Å². The quantitative estimate of drug-likeness (QED) is 0.764. The van der Waals surface area contributed by atoms with E-state index in [9.17, 15) is 0 Å². The third kappa shape index (κ3) is 2.84. The van der Waals surface area contributed by atoms with Gasteiger partial charge < -0.3 is 10.2 Å². The zero-order chi connectivity index (χ0) is 14.8. The van der Waals surface area contributed by atoms with E-state index in [4.69, 9.17) is 0 Å². The third-order valence-corrected chi connectivity index (χ3v) is 3.73. The molecule has 2 aromatic carbocycles. The van der Waals surface area contributed by atoms with Gasteiger partial charge in [-0.1, -0.05) is 12.1 Å². The molecule has 1 atom stereocenters. The van der Waals surface area contributed by atoms with E-state index >= 15 is 0 Å². The summed E-state index contributed by atoms with van der Waals surface area (Å²) in [5.41, 5.74) is 4.63. The van der Waals surface area contributed by atoms with Gasteiger partial charge in [-0.15, -0.1) is 0 Å². The second-order valence-corrected chi connectivity index (χ2v) is 5.52. The van der Waals surface area contributed by atoms with Gasteiger partial charge in [-0.05, 0) is 42.8 Å². The predicted octanol–water partition coefficient (Wildman–Crippen LogP) is 3.80. The second-order valence-electron chi connectivity index (χ2n) is 5.52. The molecule has 1 unspecified atom stereocenters. The van der Waals surface area contributed by atoms with Gasteiger partial charge in [-0.2, -0.15) is 5.10 Å². The minimum Gasteiger partial charge on any atom is -0.378 e. The summed E-state index contributed by atoms with van der Waals surface area (Å²) in [5, 5.41) is 11.7. The number of anilines is 2. The Morgan fingerprint density at radius 1 is 1.10 bits per heavy atom. The molecule has 0 saturated heterocycles. The normalized spacial score (nSPS) is 12.3. The highest BCUT2D eigenvalue weighted by Crippen LogP contribution is 2.23. The first-order valence-electron chi connectivity index (χ1n) is 7.10. The molecule has 0 aliphatic rings. The van der Waals surface area contributed by atoms with Gasteiger partial charge in [0.2, 0.25) is 0 Å². The van der Waals surface area contributed by atoms with E-state index < -0.39 is 0 Å². The largest absolute Gasteiger partial charge is 0.378 e. The van der Waals surface area contributed by atoms with E-state index in [1.54, 1.807) is 0 Å². The number of nitrogens with zero attached hydrogens (tertiary/aromatic N) is 2. The highest BCUT2D eigenvalue weighted by atomic mass is 15.1. The van der Waals surface area contributed by atoms with Gasteiger partial charge in [0.1, 0.15) is 0 Å². The van der Waals surface area contributed by atoms with Crippen LogP contribution < -0.4 is 10.2 Å². The van der Waals surface area contributed by atoms with Crippen molar-refractivity contribution in [3.8, 4) is 0 Å². The summed E-state index contributed by atoms with van der Waals surface area (Å²) in [6.07, 6.45) is 1.84. The van der Waals surface area contributed by atoms with Crippen LogP contribution in [-0.4, -0.2) is 24.3 Å². The van der Waals surface area contributed by atoms with Crippen molar-refractivity contribution in [2.24, 2.45) is 0 Å². The molecule has 0 saturated carbocycles. The molecule has 4 heteroatoms. The molecule has 1 heterocycles. The Balaban J connectivity index is 1.76. The molecule has 0 aliphatic carbocycles. The molecule has 0 fully saturated rings. The van der Waals surface area contributed by atoms with Crippen LogP contribution in [0.5, 0.6) is 0 Å². The van der Waals surface area contributed by atoms with Crippen LogP contribution in [0.25, 0.3) is 10.9 Å². The highest BCUT2D eigenvalue weighted by molar-refractivity contribution is 5.81. The standard InChI is InChI=1S/C17H20N4/c1-12(13-5-8-16(9-6-13)21(2)3)19-15-7-4-14-11-18-20-17(14)10-15/h4-12,19H,1-3H3,(H,18,20). The molecular formula is C17H20N4. The summed E-state index contributed by atoms with van der Waals surface area (Å²) in [4.78, 5) is 2.11. The van der Waals surface area contributed by atoms with Crippen molar-refractivity contribution in [1.29, 1.82) is 0 Å². The fourth-order valence-electron chi connectivity index (χ4n) is 2.42. The van der Waals surface area contributed by atoms with E-state index in [1.807, 2.05) is 6.20 Å². The molecule has 2 N–H and O–H groups in total. The first-order valence-corrected chi connectivity index (χ1v) is 7.10. The molecule has 108 valence electrons. The van der Waals surface area contributed by atoms with E-state index in [0.29, 0.717) is 0 Å². The van der Waals surface area contributed by atoms with Crippen molar-refractivity contribution < 1.29 is 0 Å². The SMILES string of the molecule is CC(Nc1ccc2cn[nH]c2c1)c1ccc(N(C)C)cc1. The van der Waals surface area contributed by atoms with Gasteiger partial charge in [0.05, 0.1) is 11.7 Å². The van der Waals surface area contributed by atoms with Gasteiger partial charge >= 0.3 is 0 Å². The van der Waals surface area contributed by atoms with Crippen LogP contribution in [0.4, 0.5) is 11.4 Å². The van der Waals surface area contributed by atoms with E-state index in [2.05, 4.69) is 83.9 Å². The number of aromatic amines is 1. The Morgan fingerprint density at radius 3 is 2.57 bits per heavy atom. The third-order valence-electron chi connectivity index (χ3n) is 3.73. The topological polar surface area (TPSA) is 44.0 Å². The fourth-order valence-corrected chi connectivity index (χ4v) is 2.42. The molecule has 0 radical (unpaired) electrons. The number of benzene rings is 2. The van der Waals surface area contributed by atoms with Crippen LogP contribution in [0.15, 0.2) is 48.7 Å². The molecule has 3 rings (SSSR count). The van der Waals surface area contributed by atoms with Crippen LogP contribution in [0.1, 0.15) is 18.5 Å². The number of rotatable bonds is 4. The number of aromatic nitrogens is 2. The first-order chi connectivity index (χ1) is 10.1. The molecular weight excluding hydrogens is 260 g/mol. The molecule has 0 bridgehead atoms. The van der Waals surface area contributed by atoms with Crippen molar-refractivity contribution in [3.05, 3.63) is 54.2 Å². The smallest absolute Gasteiger partial charge is 0.0670 e. The van der Waals surface area contributed by atoms with Gasteiger partial charge in [0.25, 0.3) is 0 Å². The summed E-state index contributed by atoms with van der Waals surface area (Å²) in [5.74, 6) is 0. The lowest BCUT2D eigenvalue weighted by Gasteiger charge is -2.18. The summed E-state index contributed by atoms with van der Waals surface area (Å²) >= 11 is 0. The lowest BCUT2D eigenvalue weighted by Crippen LogP contribution is -2.10. The van der Waals surface area contributed by atoms with E-state index in [0.717, 1.165) is 16.6 Å². The van der Waals surface area contributed by atoms with Crippen molar-refractivity contribution in [2.75, 3.05) is 24.3 Å². The summed E-state index contributed by atoms with van der Waals surface area (Å²) in [7, 11) is 4.10. The Morgan fingerprint density at radius 2 is 1.86 bits per heavy atom. The molecule has 3 aromatic rings. The maximum Gasteiger partial charge on any atom is 0.0670 e. The number of H-pyrrole nitrogens is 1. The molecule has 0 amide bonds. The van der Waals surface area contributed by atoms with Gasteiger partial charge in [0.15, 0.2) is 0 Å². The van der Waals surface area contributed by atoms with Gasteiger partial charge in [-0.3, -0.25) is 5.10 Å². The fraction of sp³-hybridized carbons (Fsp3) is 0.235. The Kier molecular flexibility index (Phi) is 3.52. The monoisotopic (exact) mass is 280 g/mol. The maximum absolute atomic E-state index is 4.05. The average molecular weight is 280 g/mol. The van der Waals surface area contributed by atoms with Crippen LogP contribution in [0, 0.1) is 0 Å². The molecule has 0 aliphatic heterocycles. The van der Waals surface area contributed by atoms with Crippen molar-refractivity contribution >= 4 is 22.3 Å². The highest BCUT2D eigenvalue weighted by Gasteiger charge is 2.06. The van der Waals surface area contributed by atoms with Crippen molar-refractivity contribution in [1.82, 2.24) is 10.2 Å². The Hall–Kier alpha value is -2.49. The maximum atomic E-state index is 4.05. The number of hydrogen-bond acceptors (Lipinski definition) is 3. The number of fused-ring (bicyclic) bond motifs is 1. The molecule has 21 heavy (non-hydrogen) atoms. The molecule has 0 spiro atoms. The van der Waals surface area contributed by atoms with E-state index in [-0.39, 0.29) is 6.04 Å². The van der Waals surface area contributed by atoms with Crippen LogP contribution in [0.3, 0.4) is 0 Å². The lowest BCUT2D eigenvalue weighted by atomic mass is 10.1. The molecule has 1 aromatic heterocycles. The zero-order valence-electron chi connectivity index (χ0n) is 12.6. The lowest BCUT2D eigenvalue weighted by molar-refractivity contribution is 0.884. The summed E-state index contributed by atoms with van der Waals surface area (Å²) in [6, 6.07) is 15.1. The Bertz CT molecular complexity index is 728. The summed E-state index contributed by atoms with van der Waals surface area (Å²) in [6.45, 7) is 2.17. The minimum atomic E-state index is 0.251. The minimum absolute atomic E-state index is 0.251. The van der Waals surface area contributed by atoms with E-state index in [1.165, 1.54) is 11.3 Å². The Labute approximate surface area is 124 Å². The van der Waals surface area contributed by atoms with Crippen LogP contribution in [-0.2, 0) is 0 Å². The number of nitrogens with one attached hydrogen (secondary N) is 2. The van der Waals surface area contributed by atoms with Gasteiger partial charge in [0, 0.05) is 36.9 Å². The second kappa shape index (κ2) is 5.48. The average Bonchev–Trinajstić information content (AvgIpc) is 2.95. The van der Waals surface area contributed by atoms with Crippen LogP contribution in [0.2, 0.25) is 0 Å². The molecule has 4 nitrogen and oxygen atoms in total. The zero-order valence-corrected chi connectivity index (χ0v) is 12.6. The number of hydrogen-bond donors (Lipinski definition) is 2. The van der Waals surface area contributed by atoms with Crippen LogP contribution >= 0.6 is 0 Å². The predicted molar refractivity (Wildman–Crippen MR) is 88.9 cm³/mol. The van der Waals surface area contributed by atoms with Crippen molar-refractivity contribution in [3.63, 3.8) is 0 Å². The summed E-state index contributed by atoms with van der Waals surface area (Å²) < 4.78 is 0. The van der Waals surface area contributed by atoms with Gasteiger partial charge in [-0.25, -0.2) is 0 Å².